The maximum Gasteiger partial charge on any atom is 0.241 e. The summed E-state index contributed by atoms with van der Waals surface area (Å²) in [5.41, 5.74) is 1.90. The predicted octanol–water partition coefficient (Wildman–Crippen LogP) is 0.655. The van der Waals surface area contributed by atoms with E-state index < -0.39 is 0 Å². The van der Waals surface area contributed by atoms with E-state index in [0.29, 0.717) is 6.54 Å². The first kappa shape index (κ1) is 14.7. The van der Waals surface area contributed by atoms with Crippen LogP contribution in [0.5, 0.6) is 0 Å². The lowest BCUT2D eigenvalue weighted by molar-refractivity contribution is -0.122. The zero-order chi connectivity index (χ0) is 15.5. The number of hydrogen-bond acceptors (Lipinski definition) is 5. The van der Waals surface area contributed by atoms with E-state index in [4.69, 9.17) is 4.74 Å². The number of nitrogens with one attached hydrogen (secondary N) is 2. The van der Waals surface area contributed by atoms with Crippen LogP contribution < -0.4 is 5.32 Å². The summed E-state index contributed by atoms with van der Waals surface area (Å²) < 4.78 is 7.57. The lowest BCUT2D eigenvalue weighted by Crippen LogP contribution is -2.34. The zero-order valence-electron chi connectivity index (χ0n) is 12.7. The monoisotopic (exact) mass is 304 g/mol. The minimum absolute atomic E-state index is 0.0134. The first-order valence-electron chi connectivity index (χ1n) is 7.40. The Kier molecular flexibility index (Phi) is 4.19. The van der Waals surface area contributed by atoms with Crippen LogP contribution in [0, 0.1) is 13.8 Å². The molecule has 1 aliphatic heterocycles. The summed E-state index contributed by atoms with van der Waals surface area (Å²) in [5, 5.41) is 13.8. The molecule has 8 heteroatoms. The van der Waals surface area contributed by atoms with Gasteiger partial charge in [0, 0.05) is 12.2 Å². The second-order valence-corrected chi connectivity index (χ2v) is 5.58. The Bertz CT molecular complexity index is 636. The molecular weight excluding hydrogens is 284 g/mol. The Balaban J connectivity index is 1.45. The van der Waals surface area contributed by atoms with Crippen molar-refractivity contribution in [1.82, 2.24) is 30.3 Å². The van der Waals surface area contributed by atoms with Crippen molar-refractivity contribution in [2.24, 2.45) is 0 Å². The van der Waals surface area contributed by atoms with E-state index in [9.17, 15) is 4.79 Å². The van der Waals surface area contributed by atoms with Crippen LogP contribution in [0.3, 0.4) is 0 Å². The van der Waals surface area contributed by atoms with Crippen LogP contribution in [0.2, 0.25) is 0 Å². The SMILES string of the molecule is Cc1cc(C)n(CC(=O)NC[C@H]2CC[C@@H](c3ncn[nH]3)O2)n1. The topological polar surface area (TPSA) is 97.7 Å². The molecule has 1 fully saturated rings. The molecule has 2 aromatic heterocycles. The van der Waals surface area contributed by atoms with Crippen LogP contribution in [0.1, 0.15) is 36.2 Å². The fourth-order valence-corrected chi connectivity index (χ4v) is 2.68. The van der Waals surface area contributed by atoms with Gasteiger partial charge in [0.2, 0.25) is 5.91 Å². The standard InChI is InChI=1S/C14H20N6O2/c1-9-5-10(2)20(19-9)7-13(21)15-6-11-3-4-12(22-11)14-16-8-17-18-14/h5,8,11-12H,3-4,6-7H2,1-2H3,(H,15,21)(H,16,17,18)/t11-,12+/m1/s1. The molecule has 3 rings (SSSR count). The molecule has 1 saturated heterocycles. The Labute approximate surface area is 128 Å². The molecule has 0 unspecified atom stereocenters. The number of carbonyl (C=O) groups excluding carboxylic acids is 1. The van der Waals surface area contributed by atoms with Crippen LogP contribution in [-0.4, -0.2) is 43.5 Å². The number of aryl methyl sites for hydroxylation is 2. The first-order valence-corrected chi connectivity index (χ1v) is 7.40. The van der Waals surface area contributed by atoms with E-state index in [1.807, 2.05) is 19.9 Å². The van der Waals surface area contributed by atoms with Gasteiger partial charge in [-0.2, -0.15) is 10.2 Å². The summed E-state index contributed by atoms with van der Waals surface area (Å²) in [6.07, 6.45) is 3.21. The van der Waals surface area contributed by atoms with Crippen molar-refractivity contribution in [3.63, 3.8) is 0 Å². The van der Waals surface area contributed by atoms with Gasteiger partial charge < -0.3 is 10.1 Å². The molecule has 2 atom stereocenters. The second-order valence-electron chi connectivity index (χ2n) is 5.58. The van der Waals surface area contributed by atoms with Gasteiger partial charge in [0.25, 0.3) is 0 Å². The maximum absolute atomic E-state index is 12.0. The fraction of sp³-hybridized carbons (Fsp3) is 0.571. The second kappa shape index (κ2) is 6.27. The summed E-state index contributed by atoms with van der Waals surface area (Å²) in [6, 6.07) is 1.95. The van der Waals surface area contributed by atoms with Gasteiger partial charge >= 0.3 is 0 Å². The van der Waals surface area contributed by atoms with Gasteiger partial charge in [-0.05, 0) is 32.8 Å². The minimum Gasteiger partial charge on any atom is -0.365 e. The van der Waals surface area contributed by atoms with E-state index >= 15 is 0 Å². The van der Waals surface area contributed by atoms with Gasteiger partial charge in [-0.15, -0.1) is 0 Å². The normalized spacial score (nSPS) is 21.2. The van der Waals surface area contributed by atoms with E-state index in [1.54, 1.807) is 4.68 Å². The van der Waals surface area contributed by atoms with E-state index in [0.717, 1.165) is 30.1 Å². The molecule has 8 nitrogen and oxygen atoms in total. The highest BCUT2D eigenvalue weighted by atomic mass is 16.5. The lowest BCUT2D eigenvalue weighted by Gasteiger charge is -2.13. The summed E-state index contributed by atoms with van der Waals surface area (Å²) in [6.45, 7) is 4.59. The molecule has 1 aliphatic rings. The fourth-order valence-electron chi connectivity index (χ4n) is 2.68. The smallest absolute Gasteiger partial charge is 0.241 e. The maximum atomic E-state index is 12.0. The molecule has 0 radical (unpaired) electrons. The Morgan fingerprint density at radius 1 is 1.50 bits per heavy atom. The van der Waals surface area contributed by atoms with Gasteiger partial charge in [-0.1, -0.05) is 0 Å². The van der Waals surface area contributed by atoms with Gasteiger partial charge in [0.05, 0.1) is 11.8 Å². The molecule has 0 bridgehead atoms. The van der Waals surface area contributed by atoms with Crippen molar-refractivity contribution in [3.8, 4) is 0 Å². The van der Waals surface area contributed by atoms with Crippen LogP contribution in [0.25, 0.3) is 0 Å². The highest BCUT2D eigenvalue weighted by Crippen LogP contribution is 2.29. The first-order chi connectivity index (χ1) is 10.6. The van der Waals surface area contributed by atoms with E-state index in [2.05, 4.69) is 25.6 Å². The third-order valence-corrected chi connectivity index (χ3v) is 3.77. The molecule has 0 aliphatic carbocycles. The number of H-pyrrole nitrogens is 1. The minimum atomic E-state index is -0.0575. The number of rotatable bonds is 5. The van der Waals surface area contributed by atoms with Gasteiger partial charge in [-0.3, -0.25) is 14.6 Å². The molecule has 2 aromatic rings. The molecule has 3 heterocycles. The lowest BCUT2D eigenvalue weighted by atomic mass is 10.2. The van der Waals surface area contributed by atoms with Crippen molar-refractivity contribution in [2.75, 3.05) is 6.54 Å². The average Bonchev–Trinajstić information content (AvgIpc) is 3.19. The largest absolute Gasteiger partial charge is 0.365 e. The molecule has 0 spiro atoms. The van der Waals surface area contributed by atoms with Gasteiger partial charge in [-0.25, -0.2) is 4.98 Å². The van der Waals surface area contributed by atoms with Crippen molar-refractivity contribution >= 4 is 5.91 Å². The number of carbonyl (C=O) groups is 1. The number of nitrogens with zero attached hydrogens (tertiary/aromatic N) is 4. The average molecular weight is 304 g/mol. The molecular formula is C14H20N6O2. The Hall–Kier alpha value is -2.22. The van der Waals surface area contributed by atoms with Gasteiger partial charge in [0.1, 0.15) is 19.0 Å². The van der Waals surface area contributed by atoms with Crippen LogP contribution in [0.15, 0.2) is 12.4 Å². The van der Waals surface area contributed by atoms with Crippen molar-refractivity contribution < 1.29 is 9.53 Å². The van der Waals surface area contributed by atoms with E-state index in [-0.39, 0.29) is 24.7 Å². The Morgan fingerprint density at radius 2 is 2.36 bits per heavy atom. The molecule has 22 heavy (non-hydrogen) atoms. The van der Waals surface area contributed by atoms with Crippen LogP contribution in [-0.2, 0) is 16.1 Å². The number of ether oxygens (including phenoxy) is 1. The van der Waals surface area contributed by atoms with Crippen molar-refractivity contribution in [3.05, 3.63) is 29.6 Å². The van der Waals surface area contributed by atoms with Gasteiger partial charge in [0.15, 0.2) is 5.82 Å². The number of amides is 1. The van der Waals surface area contributed by atoms with Crippen molar-refractivity contribution in [2.45, 2.75) is 45.4 Å². The number of aromatic amines is 1. The third-order valence-electron chi connectivity index (χ3n) is 3.77. The van der Waals surface area contributed by atoms with Crippen LogP contribution >= 0.6 is 0 Å². The summed E-state index contributed by atoms with van der Waals surface area (Å²) in [4.78, 5) is 16.1. The van der Waals surface area contributed by atoms with E-state index in [1.165, 1.54) is 6.33 Å². The third kappa shape index (κ3) is 3.33. The Morgan fingerprint density at radius 3 is 3.05 bits per heavy atom. The molecule has 0 aromatic carbocycles. The molecule has 1 amide bonds. The number of aromatic nitrogens is 5. The van der Waals surface area contributed by atoms with Crippen LogP contribution in [0.4, 0.5) is 0 Å². The quantitative estimate of drug-likeness (QED) is 0.845. The molecule has 2 N–H and O–H groups in total. The number of hydrogen-bond donors (Lipinski definition) is 2. The highest BCUT2D eigenvalue weighted by Gasteiger charge is 2.28. The zero-order valence-corrected chi connectivity index (χ0v) is 12.7. The highest BCUT2D eigenvalue weighted by molar-refractivity contribution is 5.75. The predicted molar refractivity (Wildman–Crippen MR) is 77.9 cm³/mol. The molecule has 118 valence electrons. The molecule has 0 saturated carbocycles. The summed E-state index contributed by atoms with van der Waals surface area (Å²) in [5.74, 6) is 0.689. The summed E-state index contributed by atoms with van der Waals surface area (Å²) in [7, 11) is 0. The van der Waals surface area contributed by atoms with Crippen molar-refractivity contribution in [1.29, 1.82) is 0 Å². The summed E-state index contributed by atoms with van der Waals surface area (Å²) >= 11 is 0.